The highest BCUT2D eigenvalue weighted by Crippen LogP contribution is 2.29. The van der Waals surface area contributed by atoms with Crippen molar-refractivity contribution in [3.05, 3.63) is 52.5 Å². The zero-order valence-corrected chi connectivity index (χ0v) is 17.1. The molecule has 1 aliphatic heterocycles. The third-order valence-electron chi connectivity index (χ3n) is 5.26. The van der Waals surface area contributed by atoms with Crippen LogP contribution in [-0.4, -0.2) is 47.0 Å². The topological polar surface area (TPSA) is 49.3 Å². The summed E-state index contributed by atoms with van der Waals surface area (Å²) in [6.45, 7) is 13.6. The van der Waals surface area contributed by atoms with E-state index < -0.39 is 0 Å². The van der Waals surface area contributed by atoms with Gasteiger partial charge in [-0.3, -0.25) is 4.79 Å². The molecule has 0 N–H and O–H groups in total. The van der Waals surface area contributed by atoms with Crippen LogP contribution in [-0.2, 0) is 0 Å². The summed E-state index contributed by atoms with van der Waals surface area (Å²) in [6.07, 6.45) is 0.942. The van der Waals surface area contributed by atoms with Crippen LogP contribution in [0.15, 0.2) is 24.3 Å². The molecule has 1 saturated heterocycles. The molecule has 2 aromatic rings. The second kappa shape index (κ2) is 8.07. The van der Waals surface area contributed by atoms with Crippen LogP contribution in [0.3, 0.4) is 0 Å². The summed E-state index contributed by atoms with van der Waals surface area (Å²) in [5.74, 6) is 2.35. The van der Waals surface area contributed by atoms with Gasteiger partial charge in [-0.05, 0) is 44.7 Å². The fourth-order valence-corrected chi connectivity index (χ4v) is 3.94. The molecule has 0 aliphatic carbocycles. The average molecular weight is 367 g/mol. The first-order valence-corrected chi connectivity index (χ1v) is 9.83. The first-order chi connectivity index (χ1) is 12.9. The van der Waals surface area contributed by atoms with Gasteiger partial charge in [0.15, 0.2) is 0 Å². The maximum absolute atomic E-state index is 13.0. The highest BCUT2D eigenvalue weighted by molar-refractivity contribution is 5.95. The van der Waals surface area contributed by atoms with Crippen LogP contribution in [0.2, 0.25) is 0 Å². The lowest BCUT2D eigenvalue weighted by Crippen LogP contribution is -2.36. The molecule has 1 aliphatic rings. The Bertz CT molecular complexity index is 831. The number of amides is 1. The summed E-state index contributed by atoms with van der Waals surface area (Å²) in [6, 6.07) is 7.84. The lowest BCUT2D eigenvalue weighted by molar-refractivity contribution is 0.0766. The Balaban J connectivity index is 1.82. The van der Waals surface area contributed by atoms with Crippen molar-refractivity contribution in [2.75, 3.05) is 31.1 Å². The fourth-order valence-electron chi connectivity index (χ4n) is 3.94. The molecule has 5 nitrogen and oxygen atoms in total. The molecular weight excluding hydrogens is 336 g/mol. The molecule has 144 valence electrons. The van der Waals surface area contributed by atoms with Crippen LogP contribution in [0.5, 0.6) is 0 Å². The molecule has 5 heteroatoms. The molecule has 1 aromatic carbocycles. The van der Waals surface area contributed by atoms with Crippen LogP contribution in [0.1, 0.15) is 59.2 Å². The standard InChI is InChI=1S/C22H30N4O/c1-15(2)20-17(4)23-18(5)24-21(20)25-11-8-12-26(14-13-25)22(27)19-10-7-6-9-16(19)3/h6-7,9-10,15H,8,11-14H2,1-5H3. The average Bonchev–Trinajstić information content (AvgIpc) is 2.86. The molecule has 0 bridgehead atoms. The summed E-state index contributed by atoms with van der Waals surface area (Å²) in [5.41, 5.74) is 4.12. The minimum Gasteiger partial charge on any atom is -0.354 e. The van der Waals surface area contributed by atoms with Gasteiger partial charge in [0.05, 0.1) is 0 Å². The molecule has 1 fully saturated rings. The SMILES string of the molecule is Cc1nc(C)c(C(C)C)c(N2CCCN(C(=O)c3ccccc3C)CC2)n1. The van der Waals surface area contributed by atoms with E-state index in [1.165, 1.54) is 5.56 Å². The molecule has 1 amide bonds. The predicted molar refractivity (Wildman–Crippen MR) is 110 cm³/mol. The van der Waals surface area contributed by atoms with Crippen molar-refractivity contribution < 1.29 is 4.79 Å². The van der Waals surface area contributed by atoms with Crippen molar-refractivity contribution in [2.24, 2.45) is 0 Å². The number of anilines is 1. The van der Waals surface area contributed by atoms with Gasteiger partial charge in [-0.1, -0.05) is 32.0 Å². The van der Waals surface area contributed by atoms with Crippen LogP contribution >= 0.6 is 0 Å². The first kappa shape index (κ1) is 19.3. The zero-order chi connectivity index (χ0) is 19.6. The summed E-state index contributed by atoms with van der Waals surface area (Å²) < 4.78 is 0. The van der Waals surface area contributed by atoms with Gasteiger partial charge >= 0.3 is 0 Å². The van der Waals surface area contributed by atoms with E-state index >= 15 is 0 Å². The number of nitrogens with zero attached hydrogens (tertiary/aromatic N) is 4. The molecule has 3 rings (SSSR count). The van der Waals surface area contributed by atoms with Crippen molar-refractivity contribution in [2.45, 2.75) is 47.0 Å². The number of hydrogen-bond donors (Lipinski definition) is 0. The highest BCUT2D eigenvalue weighted by atomic mass is 16.2. The highest BCUT2D eigenvalue weighted by Gasteiger charge is 2.24. The molecule has 0 spiro atoms. The normalized spacial score (nSPS) is 15.2. The number of benzene rings is 1. The van der Waals surface area contributed by atoms with Crippen LogP contribution in [0, 0.1) is 20.8 Å². The maximum Gasteiger partial charge on any atom is 0.254 e. The quantitative estimate of drug-likeness (QED) is 0.827. The summed E-state index contributed by atoms with van der Waals surface area (Å²) >= 11 is 0. The molecular formula is C22H30N4O. The van der Waals surface area contributed by atoms with Crippen molar-refractivity contribution in [3.8, 4) is 0 Å². The van der Waals surface area contributed by atoms with Gasteiger partial charge < -0.3 is 9.80 Å². The van der Waals surface area contributed by atoms with Crippen molar-refractivity contribution in [1.82, 2.24) is 14.9 Å². The van der Waals surface area contributed by atoms with Crippen LogP contribution < -0.4 is 4.90 Å². The monoisotopic (exact) mass is 366 g/mol. The molecule has 27 heavy (non-hydrogen) atoms. The van der Waals surface area contributed by atoms with E-state index in [2.05, 4.69) is 30.7 Å². The van der Waals surface area contributed by atoms with Gasteiger partial charge in [0, 0.05) is 43.0 Å². The van der Waals surface area contributed by atoms with Gasteiger partial charge in [-0.25, -0.2) is 9.97 Å². The number of rotatable bonds is 3. The lowest BCUT2D eigenvalue weighted by atomic mass is 10.0. The third kappa shape index (κ3) is 4.12. The Morgan fingerprint density at radius 3 is 2.44 bits per heavy atom. The van der Waals surface area contributed by atoms with Gasteiger partial charge in [-0.2, -0.15) is 0 Å². The molecule has 0 radical (unpaired) electrons. The van der Waals surface area contributed by atoms with E-state index in [0.717, 1.165) is 54.5 Å². The van der Waals surface area contributed by atoms with E-state index in [0.29, 0.717) is 12.5 Å². The summed E-state index contributed by atoms with van der Waals surface area (Å²) in [7, 11) is 0. The van der Waals surface area contributed by atoms with E-state index in [4.69, 9.17) is 4.98 Å². The molecule has 0 unspecified atom stereocenters. The molecule has 1 aromatic heterocycles. The lowest BCUT2D eigenvalue weighted by Gasteiger charge is -2.27. The largest absolute Gasteiger partial charge is 0.354 e. The molecule has 0 saturated carbocycles. The van der Waals surface area contributed by atoms with Gasteiger partial charge in [-0.15, -0.1) is 0 Å². The number of aryl methyl sites for hydroxylation is 3. The Hall–Kier alpha value is -2.43. The Kier molecular flexibility index (Phi) is 5.78. The van der Waals surface area contributed by atoms with Crippen molar-refractivity contribution in [3.63, 3.8) is 0 Å². The molecule has 0 atom stereocenters. The Morgan fingerprint density at radius 1 is 1.00 bits per heavy atom. The van der Waals surface area contributed by atoms with Crippen molar-refractivity contribution >= 4 is 11.7 Å². The van der Waals surface area contributed by atoms with Crippen LogP contribution in [0.25, 0.3) is 0 Å². The summed E-state index contributed by atoms with van der Waals surface area (Å²) in [4.78, 5) is 26.6. The number of aromatic nitrogens is 2. The zero-order valence-electron chi connectivity index (χ0n) is 17.1. The minimum atomic E-state index is 0.133. The van der Waals surface area contributed by atoms with Crippen LogP contribution in [0.4, 0.5) is 5.82 Å². The van der Waals surface area contributed by atoms with Crippen molar-refractivity contribution in [1.29, 1.82) is 0 Å². The van der Waals surface area contributed by atoms with Gasteiger partial charge in [0.1, 0.15) is 11.6 Å². The van der Waals surface area contributed by atoms with Gasteiger partial charge in [0.25, 0.3) is 5.91 Å². The van der Waals surface area contributed by atoms with Gasteiger partial charge in [0.2, 0.25) is 0 Å². The number of hydrogen-bond acceptors (Lipinski definition) is 4. The maximum atomic E-state index is 13.0. The Labute approximate surface area is 162 Å². The third-order valence-corrected chi connectivity index (χ3v) is 5.26. The van der Waals surface area contributed by atoms with E-state index in [1.54, 1.807) is 0 Å². The second-order valence-electron chi connectivity index (χ2n) is 7.70. The van der Waals surface area contributed by atoms with E-state index in [-0.39, 0.29) is 5.91 Å². The van der Waals surface area contributed by atoms with E-state index in [1.807, 2.05) is 43.0 Å². The number of carbonyl (C=O) groups excluding carboxylic acids is 1. The smallest absolute Gasteiger partial charge is 0.254 e. The fraction of sp³-hybridized carbons (Fsp3) is 0.500. The first-order valence-electron chi connectivity index (χ1n) is 9.83. The molecule has 2 heterocycles. The Morgan fingerprint density at radius 2 is 1.74 bits per heavy atom. The van der Waals surface area contributed by atoms with E-state index in [9.17, 15) is 4.79 Å². The summed E-state index contributed by atoms with van der Waals surface area (Å²) in [5, 5.41) is 0. The predicted octanol–water partition coefficient (Wildman–Crippen LogP) is 3.88. The number of carbonyl (C=O) groups is 1. The minimum absolute atomic E-state index is 0.133. The second-order valence-corrected chi connectivity index (χ2v) is 7.70.